The molecule has 0 saturated heterocycles. The molecule has 1 aromatic heterocycles. The number of benzene rings is 2. The van der Waals surface area contributed by atoms with Gasteiger partial charge in [-0.25, -0.2) is 4.79 Å². The van der Waals surface area contributed by atoms with Crippen LogP contribution in [-0.2, 0) is 16.9 Å². The van der Waals surface area contributed by atoms with Crippen LogP contribution in [0.3, 0.4) is 0 Å². The summed E-state index contributed by atoms with van der Waals surface area (Å²) < 4.78 is 0. The van der Waals surface area contributed by atoms with E-state index in [9.17, 15) is 14.4 Å². The number of likely N-dealkylation sites (N-methyl/N-ethyl adjacent to an activating group) is 1. The second-order valence-electron chi connectivity index (χ2n) is 12.7. The molecule has 1 saturated carbocycles. The van der Waals surface area contributed by atoms with E-state index in [0.29, 0.717) is 24.3 Å². The first-order chi connectivity index (χ1) is 21.5. The average Bonchev–Trinajstić information content (AvgIpc) is 3.54. The number of aromatic amines is 1. The van der Waals surface area contributed by atoms with E-state index in [1.54, 1.807) is 24.3 Å². The highest BCUT2D eigenvalue weighted by molar-refractivity contribution is 5.99. The lowest BCUT2D eigenvalue weighted by atomic mass is 9.90. The number of hydrogen-bond acceptors (Lipinski definition) is 6. The maximum Gasteiger partial charge on any atom is 0.319 e. The number of urea groups is 1. The largest absolute Gasteiger partial charge is 0.366 e. The molecule has 5 rings (SSSR count). The van der Waals surface area contributed by atoms with Crippen LogP contribution < -0.4 is 21.3 Å². The van der Waals surface area contributed by atoms with Gasteiger partial charge in [-0.2, -0.15) is 5.10 Å². The molecule has 4 amide bonds. The van der Waals surface area contributed by atoms with Crippen LogP contribution in [-0.4, -0.2) is 70.6 Å². The molecule has 238 valence electrons. The highest BCUT2D eigenvalue weighted by Crippen LogP contribution is 2.41. The van der Waals surface area contributed by atoms with Gasteiger partial charge in [0.2, 0.25) is 5.91 Å². The topological polar surface area (TPSA) is 134 Å². The molecule has 1 unspecified atom stereocenters. The summed E-state index contributed by atoms with van der Waals surface area (Å²) in [5, 5.41) is 20.6. The Bertz CT molecular complexity index is 1520. The van der Waals surface area contributed by atoms with Crippen LogP contribution in [0.2, 0.25) is 0 Å². The normalized spacial score (nSPS) is 19.4. The maximum atomic E-state index is 13.7. The number of nitrogens with one attached hydrogen (secondary N) is 5. The van der Waals surface area contributed by atoms with Crippen LogP contribution in [0, 0.1) is 0 Å². The second kappa shape index (κ2) is 13.6. The fourth-order valence-corrected chi connectivity index (χ4v) is 6.29. The summed E-state index contributed by atoms with van der Waals surface area (Å²) in [6.45, 7) is 8.65. The van der Waals surface area contributed by atoms with Gasteiger partial charge < -0.3 is 31.1 Å². The fraction of sp³-hybridized carbons (Fsp3) is 0.412. The van der Waals surface area contributed by atoms with Gasteiger partial charge in [-0.1, -0.05) is 36.9 Å². The molecule has 2 aromatic carbocycles. The van der Waals surface area contributed by atoms with Crippen LogP contribution in [0.25, 0.3) is 0 Å². The lowest BCUT2D eigenvalue weighted by molar-refractivity contribution is -0.111. The molecule has 1 aliphatic heterocycles. The van der Waals surface area contributed by atoms with E-state index in [0.717, 1.165) is 48.3 Å². The Morgan fingerprint density at radius 3 is 2.49 bits per heavy atom. The van der Waals surface area contributed by atoms with Crippen LogP contribution >= 0.6 is 0 Å². The van der Waals surface area contributed by atoms with Crippen molar-refractivity contribution in [3.05, 3.63) is 89.6 Å². The van der Waals surface area contributed by atoms with Crippen molar-refractivity contribution in [3.8, 4) is 0 Å². The van der Waals surface area contributed by atoms with Gasteiger partial charge in [-0.05, 0) is 89.5 Å². The number of carbonyl (C=O) groups excluding carboxylic acids is 3. The number of fused-ring (bicyclic) bond motifs is 1. The molecular formula is C34H44N8O3. The summed E-state index contributed by atoms with van der Waals surface area (Å²) in [5.41, 5.74) is 3.55. The first-order valence-electron chi connectivity index (χ1n) is 15.5. The maximum absolute atomic E-state index is 13.7. The van der Waals surface area contributed by atoms with E-state index in [1.165, 1.54) is 6.08 Å². The third kappa shape index (κ3) is 7.37. The first-order valence-corrected chi connectivity index (χ1v) is 15.5. The summed E-state index contributed by atoms with van der Waals surface area (Å²) in [6, 6.07) is 16.7. The standard InChI is InChI=1S/C34H44N8O3/c1-6-29(43)35-24-17-15-23(16-18-24)32(44)37-26-14-10-13-25(19-26)36-31-27-20-42(34(2,3)30(27)39-40-31)33(45)38-28(21-41(4)5)22-11-8-7-9-12-22/h6-9,11-12,15-18,25-26,28H,1,10,13-14,19-21H2,2-5H3,(H,35,43)(H,37,44)(H,38,45)(H2,36,39,40)/t25-,26+,28?/m1/s1. The van der Waals surface area contributed by atoms with E-state index < -0.39 is 5.54 Å². The molecule has 0 radical (unpaired) electrons. The van der Waals surface area contributed by atoms with Crippen LogP contribution in [0.4, 0.5) is 16.3 Å². The van der Waals surface area contributed by atoms with Crippen molar-refractivity contribution in [2.45, 2.75) is 69.7 Å². The Kier molecular flexibility index (Phi) is 9.57. The van der Waals surface area contributed by atoms with E-state index in [-0.39, 0.29) is 36.0 Å². The average molecular weight is 613 g/mol. The van der Waals surface area contributed by atoms with Gasteiger partial charge >= 0.3 is 6.03 Å². The zero-order valence-corrected chi connectivity index (χ0v) is 26.5. The number of rotatable bonds is 10. The minimum absolute atomic E-state index is 0.0150. The van der Waals surface area contributed by atoms with Gasteiger partial charge in [0.1, 0.15) is 0 Å². The van der Waals surface area contributed by atoms with Crippen LogP contribution in [0.1, 0.15) is 72.8 Å². The molecule has 0 spiro atoms. The van der Waals surface area contributed by atoms with Crippen molar-refractivity contribution < 1.29 is 14.4 Å². The molecule has 45 heavy (non-hydrogen) atoms. The van der Waals surface area contributed by atoms with E-state index in [4.69, 9.17) is 0 Å². The van der Waals surface area contributed by atoms with Gasteiger partial charge in [-0.3, -0.25) is 14.7 Å². The molecule has 1 aliphatic carbocycles. The monoisotopic (exact) mass is 612 g/mol. The Balaban J connectivity index is 1.20. The minimum atomic E-state index is -0.571. The quantitative estimate of drug-likeness (QED) is 0.210. The first kappa shape index (κ1) is 31.8. The zero-order valence-electron chi connectivity index (χ0n) is 26.5. The smallest absolute Gasteiger partial charge is 0.319 e. The highest BCUT2D eigenvalue weighted by Gasteiger charge is 2.44. The molecule has 3 atom stereocenters. The SMILES string of the molecule is C=CC(=O)Nc1ccc(C(=O)N[C@H]2CCC[C@@H](Nc3n[nH]c4c3CN(C(=O)NC(CN(C)C)c3ccccc3)C4(C)C)C2)cc1. The molecule has 11 nitrogen and oxygen atoms in total. The van der Waals surface area contributed by atoms with Gasteiger partial charge in [0, 0.05) is 35.4 Å². The Morgan fingerprint density at radius 1 is 1.09 bits per heavy atom. The zero-order chi connectivity index (χ0) is 32.1. The molecular weight excluding hydrogens is 568 g/mol. The number of hydrogen-bond donors (Lipinski definition) is 5. The third-order valence-electron chi connectivity index (χ3n) is 8.71. The molecule has 2 aliphatic rings. The number of amides is 4. The predicted octanol–water partition coefficient (Wildman–Crippen LogP) is 4.75. The molecule has 3 aromatic rings. The van der Waals surface area contributed by atoms with Crippen LogP contribution in [0.15, 0.2) is 67.3 Å². The summed E-state index contributed by atoms with van der Waals surface area (Å²) in [7, 11) is 4.00. The summed E-state index contributed by atoms with van der Waals surface area (Å²) in [4.78, 5) is 42.2. The molecule has 2 heterocycles. The highest BCUT2D eigenvalue weighted by atomic mass is 16.2. The summed E-state index contributed by atoms with van der Waals surface area (Å²) >= 11 is 0. The van der Waals surface area contributed by atoms with Crippen molar-refractivity contribution in [3.63, 3.8) is 0 Å². The second-order valence-corrected chi connectivity index (χ2v) is 12.7. The van der Waals surface area contributed by atoms with E-state index >= 15 is 0 Å². The molecule has 1 fully saturated rings. The molecule has 5 N–H and O–H groups in total. The van der Waals surface area contributed by atoms with Gasteiger partial charge in [0.15, 0.2) is 5.82 Å². The number of nitrogens with zero attached hydrogens (tertiary/aromatic N) is 3. The van der Waals surface area contributed by atoms with Gasteiger partial charge in [-0.15, -0.1) is 0 Å². The number of carbonyl (C=O) groups is 3. The third-order valence-corrected chi connectivity index (χ3v) is 8.71. The van der Waals surface area contributed by atoms with Crippen molar-refractivity contribution in [2.24, 2.45) is 0 Å². The van der Waals surface area contributed by atoms with Gasteiger partial charge in [0.25, 0.3) is 5.91 Å². The Hall–Kier alpha value is -4.64. The summed E-state index contributed by atoms with van der Waals surface area (Å²) in [6.07, 6.45) is 4.79. The van der Waals surface area contributed by atoms with E-state index in [1.807, 2.05) is 63.2 Å². The van der Waals surface area contributed by atoms with Crippen molar-refractivity contribution in [1.29, 1.82) is 0 Å². The molecule has 0 bridgehead atoms. The lowest BCUT2D eigenvalue weighted by Gasteiger charge is -2.34. The number of H-pyrrole nitrogens is 1. The Morgan fingerprint density at radius 2 is 1.80 bits per heavy atom. The lowest BCUT2D eigenvalue weighted by Crippen LogP contribution is -2.48. The number of aromatic nitrogens is 2. The molecule has 11 heteroatoms. The number of anilines is 2. The Labute approximate surface area is 264 Å². The van der Waals surface area contributed by atoms with Gasteiger partial charge in [0.05, 0.1) is 23.8 Å². The van der Waals surface area contributed by atoms with Crippen molar-refractivity contribution in [1.82, 2.24) is 30.6 Å². The summed E-state index contributed by atoms with van der Waals surface area (Å²) in [5.74, 6) is 0.316. The van der Waals surface area contributed by atoms with Crippen molar-refractivity contribution in [2.75, 3.05) is 31.3 Å². The minimum Gasteiger partial charge on any atom is -0.366 e. The fourth-order valence-electron chi connectivity index (χ4n) is 6.29. The predicted molar refractivity (Wildman–Crippen MR) is 176 cm³/mol. The van der Waals surface area contributed by atoms with Crippen molar-refractivity contribution >= 4 is 29.4 Å². The van der Waals surface area contributed by atoms with E-state index in [2.05, 4.69) is 42.9 Å². The van der Waals surface area contributed by atoms with Crippen LogP contribution in [0.5, 0.6) is 0 Å².